The van der Waals surface area contributed by atoms with Gasteiger partial charge in [0.1, 0.15) is 0 Å². The lowest BCUT2D eigenvalue weighted by Gasteiger charge is -2.22. The van der Waals surface area contributed by atoms with E-state index in [9.17, 15) is 4.79 Å². The van der Waals surface area contributed by atoms with Gasteiger partial charge >= 0.3 is 0 Å². The van der Waals surface area contributed by atoms with Crippen molar-refractivity contribution in [3.8, 4) is 0 Å². The van der Waals surface area contributed by atoms with Crippen molar-refractivity contribution in [1.82, 2.24) is 0 Å². The Bertz CT molecular complexity index is 183. The maximum absolute atomic E-state index is 10.5. The molecule has 0 aliphatic rings. The Balaban J connectivity index is 0. The summed E-state index contributed by atoms with van der Waals surface area (Å²) in [5, 5.41) is 0.216. The van der Waals surface area contributed by atoms with E-state index >= 15 is 0 Å². The predicted molar refractivity (Wildman–Crippen MR) is 46.0 cm³/mol. The molecule has 0 spiro atoms. The van der Waals surface area contributed by atoms with Gasteiger partial charge in [-0.1, -0.05) is 11.8 Å². The van der Waals surface area contributed by atoms with E-state index in [0.717, 1.165) is 16.8 Å². The van der Waals surface area contributed by atoms with E-state index in [1.54, 1.807) is 6.92 Å². The Morgan fingerprint density at radius 2 is 1.53 bits per heavy atom. The largest absolute Gasteiger partial charge is 0.330 e. The van der Waals surface area contributed by atoms with E-state index in [1.165, 1.54) is 11.8 Å². The van der Waals surface area contributed by atoms with E-state index in [4.69, 9.17) is 18.6 Å². The third-order valence-corrected chi connectivity index (χ3v) is 1.86. The molecule has 0 aromatic heterocycles. The van der Waals surface area contributed by atoms with Crippen molar-refractivity contribution in [1.29, 1.82) is 0 Å². The maximum atomic E-state index is 10.5. The number of nitrogens with zero attached hydrogens (tertiary/aromatic N) is 1. The average Bonchev–Trinajstić information content (AvgIpc) is 1.77. The number of thioether (sulfide) groups is 1. The van der Waals surface area contributed by atoms with Gasteiger partial charge in [-0.05, 0) is 0 Å². The van der Waals surface area contributed by atoms with Crippen molar-refractivity contribution in [3.05, 3.63) is 0 Å². The molecule has 0 aliphatic carbocycles. The molecule has 0 bridgehead atoms. The summed E-state index contributed by atoms with van der Waals surface area (Å²) in [7, 11) is 1.43. The zero-order valence-corrected chi connectivity index (χ0v) is 10.8. The van der Waals surface area contributed by atoms with Crippen LogP contribution in [-0.4, -0.2) is 43.0 Å². The van der Waals surface area contributed by atoms with Crippen LogP contribution in [0.3, 0.4) is 0 Å². The van der Waals surface area contributed by atoms with E-state index < -0.39 is 10.2 Å². The first-order chi connectivity index (χ1) is 6.42. The lowest BCUT2D eigenvalue weighted by atomic mass is 10.6. The molecule has 0 saturated carbocycles. The van der Waals surface area contributed by atoms with Gasteiger partial charge < -0.3 is 4.48 Å². The summed E-state index contributed by atoms with van der Waals surface area (Å²) in [5.74, 6) is 0.929. The van der Waals surface area contributed by atoms with Crippen molar-refractivity contribution < 1.29 is 38.2 Å². The second-order valence-corrected chi connectivity index (χ2v) is 5.76. The second kappa shape index (κ2) is 7.39. The molecule has 0 aromatic rings. The summed E-state index contributed by atoms with van der Waals surface area (Å²) in [6.07, 6.45) is 0. The molecule has 0 N–H and O–H groups in total. The quantitative estimate of drug-likeness (QED) is 0.482. The van der Waals surface area contributed by atoms with Crippen molar-refractivity contribution in [2.75, 3.05) is 33.4 Å². The third-order valence-electron chi connectivity index (χ3n) is 1.07. The van der Waals surface area contributed by atoms with Crippen LogP contribution in [0.4, 0.5) is 0 Å². The molecular weight excluding hydrogens is 246 g/mol. The fraction of sp³-hybridized carbons (Fsp3) is 0.857. The van der Waals surface area contributed by atoms with E-state index in [0.29, 0.717) is 0 Å². The summed E-state index contributed by atoms with van der Waals surface area (Å²) < 4.78 is 34.9. The van der Waals surface area contributed by atoms with Crippen LogP contribution in [0, 0.1) is 10.2 Å². The van der Waals surface area contributed by atoms with E-state index in [2.05, 4.69) is 21.1 Å². The molecule has 6 nitrogen and oxygen atoms in total. The third kappa shape index (κ3) is 40.9. The molecule has 0 aliphatic heterocycles. The van der Waals surface area contributed by atoms with Gasteiger partial charge in [0.15, 0.2) is 5.12 Å². The fourth-order valence-electron chi connectivity index (χ4n) is 0.463. The normalized spacial score (nSPS) is 11.7. The van der Waals surface area contributed by atoms with Crippen LogP contribution in [0.1, 0.15) is 6.92 Å². The minimum atomic E-state index is -4.94. The minimum Gasteiger partial charge on any atom is -0.330 e. The van der Waals surface area contributed by atoms with Crippen molar-refractivity contribution >= 4 is 16.9 Å². The van der Waals surface area contributed by atoms with Crippen LogP contribution in [0.2, 0.25) is 0 Å². The highest BCUT2D eigenvalue weighted by atomic mass is 35.7. The Morgan fingerprint density at radius 3 is 1.73 bits per heavy atom. The summed E-state index contributed by atoms with van der Waals surface area (Å²) >= 11 is 1.40. The van der Waals surface area contributed by atoms with Crippen LogP contribution in [0.15, 0.2) is 0 Å². The lowest BCUT2D eigenvalue weighted by Crippen LogP contribution is -2.68. The Kier molecular flexibility index (Phi) is 8.63. The van der Waals surface area contributed by atoms with Crippen LogP contribution >= 0.6 is 11.8 Å². The summed E-state index contributed by atoms with van der Waals surface area (Å²) in [6.45, 7) is 2.66. The van der Waals surface area contributed by atoms with Gasteiger partial charge in [-0.2, -0.15) is 0 Å². The van der Waals surface area contributed by atoms with Crippen molar-refractivity contribution in [2.24, 2.45) is 0 Å². The molecule has 0 unspecified atom stereocenters. The molecule has 15 heavy (non-hydrogen) atoms. The Morgan fingerprint density at radius 1 is 1.20 bits per heavy atom. The number of halogens is 1. The molecule has 0 radical (unpaired) electrons. The van der Waals surface area contributed by atoms with E-state index in [-0.39, 0.29) is 5.12 Å². The number of quaternary nitrogens is 1. The van der Waals surface area contributed by atoms with Crippen LogP contribution in [0.25, 0.3) is 0 Å². The van der Waals surface area contributed by atoms with Crippen LogP contribution < -0.4 is 18.6 Å². The fourth-order valence-corrected chi connectivity index (χ4v) is 1.39. The highest BCUT2D eigenvalue weighted by Crippen LogP contribution is 2.02. The smallest absolute Gasteiger partial charge is 0.186 e. The number of hydrogen-bond donors (Lipinski definition) is 0. The SMILES string of the molecule is CC(=O)SCC[N+](C)(C)C.[O-][Cl+3]([O-])([O-])[O-]. The number of rotatable bonds is 3. The van der Waals surface area contributed by atoms with Crippen molar-refractivity contribution in [3.63, 3.8) is 0 Å². The predicted octanol–water partition coefficient (Wildman–Crippen LogP) is -3.78. The maximum Gasteiger partial charge on any atom is 0.186 e. The first kappa shape index (κ1) is 17.5. The van der Waals surface area contributed by atoms with Gasteiger partial charge in [0.2, 0.25) is 0 Å². The number of carbonyl (C=O) groups excluding carboxylic acids is 1. The molecule has 0 fully saturated rings. The summed E-state index contributed by atoms with van der Waals surface area (Å²) in [6, 6.07) is 0. The van der Waals surface area contributed by atoms with Gasteiger partial charge in [-0.15, -0.1) is 10.2 Å². The lowest BCUT2D eigenvalue weighted by molar-refractivity contribution is -2.00. The van der Waals surface area contributed by atoms with Gasteiger partial charge in [0, 0.05) is 6.92 Å². The van der Waals surface area contributed by atoms with Crippen molar-refractivity contribution in [2.45, 2.75) is 6.92 Å². The molecular formula is C7H16ClNO5S. The zero-order valence-electron chi connectivity index (χ0n) is 9.19. The highest BCUT2D eigenvalue weighted by Gasteiger charge is 2.06. The molecule has 0 aromatic carbocycles. The molecule has 0 rings (SSSR count). The minimum absolute atomic E-state index is 0.216. The molecule has 0 saturated heterocycles. The Labute approximate surface area is 95.8 Å². The topological polar surface area (TPSA) is 109 Å². The summed E-state index contributed by atoms with van der Waals surface area (Å²) in [4.78, 5) is 10.5. The zero-order chi connectivity index (χ0) is 12.7. The standard InChI is InChI=1S/C7H16NOS.ClHO4/c1-7(9)10-6-5-8(2,3)4;2-1(3,4)5/h5-6H2,1-4H3;(H,2,3,4,5)/q+1;/p-1. The summed E-state index contributed by atoms with van der Waals surface area (Å²) in [5.41, 5.74) is 0. The number of carbonyl (C=O) groups is 1. The highest BCUT2D eigenvalue weighted by molar-refractivity contribution is 8.13. The average molecular weight is 262 g/mol. The van der Waals surface area contributed by atoms with Crippen LogP contribution in [-0.2, 0) is 4.79 Å². The van der Waals surface area contributed by atoms with Crippen LogP contribution in [0.5, 0.6) is 0 Å². The van der Waals surface area contributed by atoms with Gasteiger partial charge in [-0.3, -0.25) is 4.79 Å². The van der Waals surface area contributed by atoms with Gasteiger partial charge in [-0.25, -0.2) is 18.6 Å². The monoisotopic (exact) mass is 261 g/mol. The van der Waals surface area contributed by atoms with Gasteiger partial charge in [0.25, 0.3) is 0 Å². The first-order valence-corrected chi connectivity index (χ1v) is 6.19. The first-order valence-electron chi connectivity index (χ1n) is 3.97. The molecule has 0 amide bonds. The van der Waals surface area contributed by atoms with E-state index in [1.807, 2.05) is 0 Å². The number of hydrogen-bond acceptors (Lipinski definition) is 6. The van der Waals surface area contributed by atoms with Gasteiger partial charge in [0.05, 0.1) is 33.4 Å². The Hall–Kier alpha value is 0.110. The molecule has 0 atom stereocenters. The molecule has 92 valence electrons. The molecule has 8 heteroatoms. The second-order valence-electron chi connectivity index (χ2n) is 3.73. The molecule has 0 heterocycles.